The third kappa shape index (κ3) is 4.98. The number of fused-ring (bicyclic) bond motifs is 2. The molecule has 0 aromatic carbocycles. The highest BCUT2D eigenvalue weighted by Crippen LogP contribution is 2.55. The maximum atomic E-state index is 12.2. The average molecular weight is 497 g/mol. The molecular weight excluding hydrogens is 460 g/mol. The van der Waals surface area contributed by atoms with E-state index in [1.54, 1.807) is 0 Å². The molecule has 4 rings (SSSR count). The Labute approximate surface area is 204 Å². The molecule has 10 heteroatoms. The van der Waals surface area contributed by atoms with Crippen molar-refractivity contribution in [3.05, 3.63) is 12.2 Å². The van der Waals surface area contributed by atoms with Gasteiger partial charge in [0, 0.05) is 26.2 Å². The van der Waals surface area contributed by atoms with Crippen molar-refractivity contribution in [1.82, 2.24) is 0 Å². The van der Waals surface area contributed by atoms with Gasteiger partial charge in [-0.2, -0.15) is 0 Å². The molecule has 0 bridgehead atoms. The van der Waals surface area contributed by atoms with Crippen LogP contribution < -0.4 is 0 Å². The van der Waals surface area contributed by atoms with Crippen LogP contribution in [-0.2, 0) is 38.1 Å². The first-order chi connectivity index (χ1) is 16.4. The van der Waals surface area contributed by atoms with Gasteiger partial charge in [-0.25, -0.2) is 0 Å². The molecule has 2 saturated carbocycles. The fraction of sp³-hybridized carbons (Fsp3) is 0.800. The number of hydrogen-bond donors (Lipinski definition) is 2. The standard InChI is InChI=1S/C25H36O10/c1-11-8-18-16(12(2)23(30)33-18)9-17-15(11)6-7-25(17,5)35-24-22(32-14(4)27)21(29)20(28)19(34-24)10-31-13(3)26/h12,15-22,24,28-29H,1,6-10H2,2-5H3. The van der Waals surface area contributed by atoms with E-state index in [0.29, 0.717) is 19.3 Å². The van der Waals surface area contributed by atoms with E-state index in [4.69, 9.17) is 23.7 Å². The predicted molar refractivity (Wildman–Crippen MR) is 119 cm³/mol. The smallest absolute Gasteiger partial charge is 0.309 e. The molecule has 11 atom stereocenters. The summed E-state index contributed by atoms with van der Waals surface area (Å²) in [5.41, 5.74) is 0.284. The van der Waals surface area contributed by atoms with Gasteiger partial charge >= 0.3 is 17.9 Å². The van der Waals surface area contributed by atoms with E-state index in [2.05, 4.69) is 6.58 Å². The van der Waals surface area contributed by atoms with Crippen LogP contribution in [0.2, 0.25) is 0 Å². The van der Waals surface area contributed by atoms with E-state index >= 15 is 0 Å². The molecule has 4 aliphatic rings. The van der Waals surface area contributed by atoms with Crippen LogP contribution in [-0.4, -0.2) is 77.1 Å². The fourth-order valence-corrected chi connectivity index (χ4v) is 6.32. The molecule has 0 aromatic rings. The molecule has 4 fully saturated rings. The molecule has 10 nitrogen and oxygen atoms in total. The van der Waals surface area contributed by atoms with E-state index in [1.165, 1.54) is 13.8 Å². The van der Waals surface area contributed by atoms with Gasteiger partial charge in [0.1, 0.15) is 31.0 Å². The number of ether oxygens (including phenoxy) is 5. The molecule has 2 aliphatic carbocycles. The van der Waals surface area contributed by atoms with E-state index in [1.807, 2.05) is 13.8 Å². The summed E-state index contributed by atoms with van der Waals surface area (Å²) >= 11 is 0. The first kappa shape index (κ1) is 26.1. The minimum atomic E-state index is -1.51. The van der Waals surface area contributed by atoms with Gasteiger partial charge in [-0.3, -0.25) is 14.4 Å². The van der Waals surface area contributed by atoms with Gasteiger partial charge in [-0.05, 0) is 38.0 Å². The molecule has 2 N–H and O–H groups in total. The average Bonchev–Trinajstić information content (AvgIpc) is 3.17. The zero-order valence-electron chi connectivity index (χ0n) is 20.7. The van der Waals surface area contributed by atoms with Crippen LogP contribution in [0, 0.1) is 23.7 Å². The number of aliphatic hydroxyl groups is 2. The molecule has 0 aromatic heterocycles. The molecule has 11 unspecified atom stereocenters. The monoisotopic (exact) mass is 496 g/mol. The van der Waals surface area contributed by atoms with Crippen LogP contribution in [0.3, 0.4) is 0 Å². The van der Waals surface area contributed by atoms with Crippen molar-refractivity contribution >= 4 is 17.9 Å². The molecule has 0 amide bonds. The van der Waals surface area contributed by atoms with Crippen molar-refractivity contribution in [2.45, 2.75) is 95.8 Å². The number of carbonyl (C=O) groups excluding carboxylic acids is 3. The van der Waals surface area contributed by atoms with Crippen molar-refractivity contribution in [1.29, 1.82) is 0 Å². The minimum Gasteiger partial charge on any atom is -0.463 e. The minimum absolute atomic E-state index is 0.000518. The van der Waals surface area contributed by atoms with Crippen LogP contribution in [0.1, 0.15) is 53.4 Å². The van der Waals surface area contributed by atoms with E-state index in [-0.39, 0.29) is 42.4 Å². The lowest BCUT2D eigenvalue weighted by Gasteiger charge is -2.45. The SMILES string of the molecule is C=C1CC2OC(=O)C(C)C2CC2C1CCC2(C)OC1OC(COC(C)=O)C(O)C(O)C1OC(C)=O. The lowest BCUT2D eigenvalue weighted by atomic mass is 9.77. The summed E-state index contributed by atoms with van der Waals surface area (Å²) in [5.74, 6) is -1.43. The second-order valence-electron chi connectivity index (χ2n) is 10.6. The summed E-state index contributed by atoms with van der Waals surface area (Å²) in [6.07, 6.45) is -3.87. The number of hydrogen-bond acceptors (Lipinski definition) is 10. The van der Waals surface area contributed by atoms with Gasteiger partial charge < -0.3 is 33.9 Å². The molecule has 0 spiro atoms. The Morgan fingerprint density at radius 1 is 1.20 bits per heavy atom. The Hall–Kier alpha value is -2.01. The van der Waals surface area contributed by atoms with Crippen molar-refractivity contribution < 1.29 is 48.3 Å². The van der Waals surface area contributed by atoms with Crippen LogP contribution in [0.15, 0.2) is 12.2 Å². The number of aliphatic hydroxyl groups excluding tert-OH is 2. The van der Waals surface area contributed by atoms with Crippen molar-refractivity contribution in [2.75, 3.05) is 6.61 Å². The summed E-state index contributed by atoms with van der Waals surface area (Å²) in [6.45, 7) is 10.3. The molecule has 196 valence electrons. The largest absolute Gasteiger partial charge is 0.463 e. The van der Waals surface area contributed by atoms with E-state index in [0.717, 1.165) is 12.0 Å². The van der Waals surface area contributed by atoms with Crippen LogP contribution in [0.25, 0.3) is 0 Å². The molecule has 2 aliphatic heterocycles. The predicted octanol–water partition coefficient (Wildman–Crippen LogP) is 1.26. The Kier molecular flexibility index (Phi) is 7.30. The van der Waals surface area contributed by atoms with Crippen molar-refractivity contribution in [3.63, 3.8) is 0 Å². The van der Waals surface area contributed by atoms with E-state index < -0.39 is 48.2 Å². The van der Waals surface area contributed by atoms with E-state index in [9.17, 15) is 24.6 Å². The lowest BCUT2D eigenvalue weighted by molar-refractivity contribution is -0.331. The topological polar surface area (TPSA) is 138 Å². The zero-order valence-corrected chi connectivity index (χ0v) is 20.7. The Balaban J connectivity index is 1.58. The first-order valence-electron chi connectivity index (χ1n) is 12.3. The number of carbonyl (C=O) groups is 3. The molecule has 2 heterocycles. The Morgan fingerprint density at radius 2 is 1.91 bits per heavy atom. The summed E-state index contributed by atoms with van der Waals surface area (Å²) in [5, 5.41) is 21.3. The molecule has 35 heavy (non-hydrogen) atoms. The van der Waals surface area contributed by atoms with Gasteiger partial charge in [0.2, 0.25) is 0 Å². The van der Waals surface area contributed by atoms with Crippen molar-refractivity contribution in [3.8, 4) is 0 Å². The second kappa shape index (κ2) is 9.80. The normalized spacial score (nSPS) is 45.2. The van der Waals surface area contributed by atoms with Gasteiger partial charge in [0.15, 0.2) is 12.4 Å². The molecular formula is C25H36O10. The van der Waals surface area contributed by atoms with Crippen LogP contribution in [0.5, 0.6) is 0 Å². The van der Waals surface area contributed by atoms with Crippen LogP contribution in [0.4, 0.5) is 0 Å². The Morgan fingerprint density at radius 3 is 2.57 bits per heavy atom. The fourth-order valence-electron chi connectivity index (χ4n) is 6.32. The van der Waals surface area contributed by atoms with Crippen LogP contribution >= 0.6 is 0 Å². The maximum Gasteiger partial charge on any atom is 0.309 e. The Bertz CT molecular complexity index is 870. The summed E-state index contributed by atoms with van der Waals surface area (Å²) in [6, 6.07) is 0. The summed E-state index contributed by atoms with van der Waals surface area (Å²) in [7, 11) is 0. The third-order valence-electron chi connectivity index (χ3n) is 8.28. The van der Waals surface area contributed by atoms with Gasteiger partial charge in [0.25, 0.3) is 0 Å². The second-order valence-corrected chi connectivity index (χ2v) is 10.6. The lowest BCUT2D eigenvalue weighted by Crippen LogP contribution is -2.62. The summed E-state index contributed by atoms with van der Waals surface area (Å²) in [4.78, 5) is 35.3. The highest BCUT2D eigenvalue weighted by molar-refractivity contribution is 5.75. The third-order valence-corrected chi connectivity index (χ3v) is 8.28. The molecule has 0 radical (unpaired) electrons. The number of esters is 3. The first-order valence-corrected chi connectivity index (χ1v) is 12.3. The van der Waals surface area contributed by atoms with Crippen molar-refractivity contribution in [2.24, 2.45) is 23.7 Å². The molecule has 2 saturated heterocycles. The van der Waals surface area contributed by atoms with Gasteiger partial charge in [0.05, 0.1) is 11.5 Å². The highest BCUT2D eigenvalue weighted by atomic mass is 16.7. The maximum absolute atomic E-state index is 12.2. The quantitative estimate of drug-likeness (QED) is 0.325. The van der Waals surface area contributed by atoms with Gasteiger partial charge in [-0.1, -0.05) is 19.1 Å². The summed E-state index contributed by atoms with van der Waals surface area (Å²) < 4.78 is 28.4. The van der Waals surface area contributed by atoms with Gasteiger partial charge in [-0.15, -0.1) is 0 Å². The number of rotatable bonds is 5. The highest BCUT2D eigenvalue weighted by Gasteiger charge is 2.57. The zero-order chi connectivity index (χ0) is 25.7.